The second-order valence-corrected chi connectivity index (χ2v) is 4.03. The van der Waals surface area contributed by atoms with Gasteiger partial charge in [-0.15, -0.1) is 0 Å². The molecule has 0 aromatic carbocycles. The Labute approximate surface area is 75.6 Å². The standard InChI is InChI=1S/C10H21NO/c1-4-10-6-5-8(2)11(10)7-9(3)12/h8-10,12H,4-7H2,1-3H3/t8?,9-,10?/m1/s1. The first-order valence-corrected chi connectivity index (χ1v) is 5.09. The summed E-state index contributed by atoms with van der Waals surface area (Å²) in [6.45, 7) is 7.22. The largest absolute Gasteiger partial charge is 0.392 e. The van der Waals surface area contributed by atoms with Gasteiger partial charge < -0.3 is 5.11 Å². The van der Waals surface area contributed by atoms with Crippen molar-refractivity contribution in [1.82, 2.24) is 4.90 Å². The van der Waals surface area contributed by atoms with Crippen LogP contribution in [0, 0.1) is 0 Å². The number of aliphatic hydroxyl groups is 1. The van der Waals surface area contributed by atoms with Crippen LogP contribution in [-0.4, -0.2) is 34.7 Å². The van der Waals surface area contributed by atoms with E-state index < -0.39 is 0 Å². The molecule has 0 amide bonds. The van der Waals surface area contributed by atoms with Crippen LogP contribution >= 0.6 is 0 Å². The molecule has 0 aliphatic carbocycles. The predicted molar refractivity (Wildman–Crippen MR) is 51.2 cm³/mol. The molecule has 0 saturated carbocycles. The zero-order chi connectivity index (χ0) is 9.14. The van der Waals surface area contributed by atoms with Gasteiger partial charge in [0.25, 0.3) is 0 Å². The van der Waals surface area contributed by atoms with E-state index >= 15 is 0 Å². The van der Waals surface area contributed by atoms with Crippen molar-refractivity contribution in [3.63, 3.8) is 0 Å². The summed E-state index contributed by atoms with van der Waals surface area (Å²) >= 11 is 0. The number of likely N-dealkylation sites (tertiary alicyclic amines) is 1. The summed E-state index contributed by atoms with van der Waals surface area (Å²) in [7, 11) is 0. The molecule has 1 heterocycles. The number of rotatable bonds is 3. The van der Waals surface area contributed by atoms with E-state index in [4.69, 9.17) is 0 Å². The summed E-state index contributed by atoms with van der Waals surface area (Å²) in [4.78, 5) is 2.45. The van der Waals surface area contributed by atoms with Gasteiger partial charge in [-0.1, -0.05) is 6.92 Å². The minimum Gasteiger partial charge on any atom is -0.392 e. The zero-order valence-corrected chi connectivity index (χ0v) is 8.45. The van der Waals surface area contributed by atoms with E-state index in [-0.39, 0.29) is 6.10 Å². The highest BCUT2D eigenvalue weighted by atomic mass is 16.3. The smallest absolute Gasteiger partial charge is 0.0639 e. The Kier molecular flexibility index (Phi) is 3.53. The predicted octanol–water partition coefficient (Wildman–Crippen LogP) is 1.63. The molecule has 0 bridgehead atoms. The number of nitrogens with zero attached hydrogens (tertiary/aromatic N) is 1. The van der Waals surface area contributed by atoms with Crippen LogP contribution in [0.25, 0.3) is 0 Å². The quantitative estimate of drug-likeness (QED) is 0.697. The third-order valence-electron chi connectivity index (χ3n) is 2.90. The van der Waals surface area contributed by atoms with E-state index in [0.717, 1.165) is 12.6 Å². The van der Waals surface area contributed by atoms with Crippen LogP contribution in [0.3, 0.4) is 0 Å². The van der Waals surface area contributed by atoms with Crippen molar-refractivity contribution in [2.45, 2.75) is 58.2 Å². The summed E-state index contributed by atoms with van der Waals surface area (Å²) in [5.74, 6) is 0. The van der Waals surface area contributed by atoms with Gasteiger partial charge in [0.15, 0.2) is 0 Å². The molecule has 0 aromatic rings. The Balaban J connectivity index is 2.46. The molecule has 1 saturated heterocycles. The molecule has 0 aromatic heterocycles. The van der Waals surface area contributed by atoms with E-state index in [9.17, 15) is 5.11 Å². The maximum absolute atomic E-state index is 9.30. The topological polar surface area (TPSA) is 23.5 Å². The molecule has 1 fully saturated rings. The second kappa shape index (κ2) is 4.24. The Morgan fingerprint density at radius 1 is 1.50 bits per heavy atom. The van der Waals surface area contributed by atoms with E-state index in [1.807, 2.05) is 6.92 Å². The Morgan fingerprint density at radius 2 is 2.17 bits per heavy atom. The molecule has 12 heavy (non-hydrogen) atoms. The summed E-state index contributed by atoms with van der Waals surface area (Å²) in [6, 6.07) is 1.39. The maximum Gasteiger partial charge on any atom is 0.0639 e. The van der Waals surface area contributed by atoms with Gasteiger partial charge in [-0.25, -0.2) is 0 Å². The highest BCUT2D eigenvalue weighted by Crippen LogP contribution is 2.25. The van der Waals surface area contributed by atoms with E-state index in [1.54, 1.807) is 0 Å². The molecular weight excluding hydrogens is 150 g/mol. The Bertz CT molecular complexity index is 136. The highest BCUT2D eigenvalue weighted by molar-refractivity contribution is 4.84. The Hall–Kier alpha value is -0.0800. The summed E-state index contributed by atoms with van der Waals surface area (Å²) in [5, 5.41) is 9.30. The SMILES string of the molecule is CCC1CCC(C)N1C[C@@H](C)O. The normalized spacial score (nSPS) is 34.0. The first kappa shape index (κ1) is 10.0. The lowest BCUT2D eigenvalue weighted by molar-refractivity contribution is 0.0974. The van der Waals surface area contributed by atoms with Gasteiger partial charge in [0.2, 0.25) is 0 Å². The monoisotopic (exact) mass is 171 g/mol. The van der Waals surface area contributed by atoms with Crippen LogP contribution in [0.4, 0.5) is 0 Å². The minimum atomic E-state index is -0.181. The van der Waals surface area contributed by atoms with Crippen LogP contribution in [0.2, 0.25) is 0 Å². The fourth-order valence-corrected chi connectivity index (χ4v) is 2.20. The van der Waals surface area contributed by atoms with Crippen molar-refractivity contribution < 1.29 is 5.11 Å². The van der Waals surface area contributed by atoms with Crippen LogP contribution in [0.5, 0.6) is 0 Å². The van der Waals surface area contributed by atoms with E-state index in [0.29, 0.717) is 6.04 Å². The molecule has 3 atom stereocenters. The van der Waals surface area contributed by atoms with Gasteiger partial charge in [-0.05, 0) is 33.1 Å². The zero-order valence-electron chi connectivity index (χ0n) is 8.45. The summed E-state index contributed by atoms with van der Waals surface area (Å²) < 4.78 is 0. The van der Waals surface area contributed by atoms with Gasteiger partial charge in [-0.3, -0.25) is 4.90 Å². The fraction of sp³-hybridized carbons (Fsp3) is 1.00. The van der Waals surface area contributed by atoms with Crippen LogP contribution < -0.4 is 0 Å². The maximum atomic E-state index is 9.30. The lowest BCUT2D eigenvalue weighted by Gasteiger charge is -2.28. The van der Waals surface area contributed by atoms with Gasteiger partial charge in [-0.2, -0.15) is 0 Å². The molecule has 0 spiro atoms. The van der Waals surface area contributed by atoms with Crippen LogP contribution in [0.15, 0.2) is 0 Å². The molecule has 1 rings (SSSR count). The van der Waals surface area contributed by atoms with E-state index in [1.165, 1.54) is 19.3 Å². The number of hydrogen-bond acceptors (Lipinski definition) is 2. The molecule has 1 aliphatic heterocycles. The lowest BCUT2D eigenvalue weighted by Crippen LogP contribution is -2.39. The third-order valence-corrected chi connectivity index (χ3v) is 2.90. The molecule has 2 nitrogen and oxygen atoms in total. The summed E-state index contributed by atoms with van der Waals surface area (Å²) in [6.07, 6.45) is 3.65. The van der Waals surface area contributed by atoms with Gasteiger partial charge in [0.05, 0.1) is 6.10 Å². The number of hydrogen-bond donors (Lipinski definition) is 1. The average molecular weight is 171 g/mol. The Morgan fingerprint density at radius 3 is 2.67 bits per heavy atom. The molecule has 1 N–H and O–H groups in total. The first-order chi connectivity index (χ1) is 5.65. The van der Waals surface area contributed by atoms with Gasteiger partial charge >= 0.3 is 0 Å². The van der Waals surface area contributed by atoms with Crippen molar-refractivity contribution in [2.75, 3.05) is 6.54 Å². The fourth-order valence-electron chi connectivity index (χ4n) is 2.20. The minimum absolute atomic E-state index is 0.181. The van der Waals surface area contributed by atoms with Crippen molar-refractivity contribution in [2.24, 2.45) is 0 Å². The third kappa shape index (κ3) is 2.20. The summed E-state index contributed by atoms with van der Waals surface area (Å²) in [5.41, 5.74) is 0. The molecule has 0 radical (unpaired) electrons. The molecule has 72 valence electrons. The first-order valence-electron chi connectivity index (χ1n) is 5.09. The molecule has 1 aliphatic rings. The van der Waals surface area contributed by atoms with Crippen molar-refractivity contribution in [1.29, 1.82) is 0 Å². The number of aliphatic hydroxyl groups excluding tert-OH is 1. The highest BCUT2D eigenvalue weighted by Gasteiger charge is 2.29. The number of β-amino-alcohol motifs (C(OH)–C–C–N with tert-alkyl or cyclic N) is 1. The van der Waals surface area contributed by atoms with Crippen molar-refractivity contribution in [3.8, 4) is 0 Å². The van der Waals surface area contributed by atoms with Crippen molar-refractivity contribution in [3.05, 3.63) is 0 Å². The lowest BCUT2D eigenvalue weighted by atomic mass is 10.1. The average Bonchev–Trinajstić information content (AvgIpc) is 2.32. The van der Waals surface area contributed by atoms with Crippen LogP contribution in [0.1, 0.15) is 40.0 Å². The van der Waals surface area contributed by atoms with Gasteiger partial charge in [0.1, 0.15) is 0 Å². The molecule has 2 unspecified atom stereocenters. The van der Waals surface area contributed by atoms with Gasteiger partial charge in [0, 0.05) is 18.6 Å². The van der Waals surface area contributed by atoms with Crippen molar-refractivity contribution >= 4 is 0 Å². The van der Waals surface area contributed by atoms with E-state index in [2.05, 4.69) is 18.7 Å². The second-order valence-electron chi connectivity index (χ2n) is 4.03. The molecular formula is C10H21NO. The molecule has 2 heteroatoms. The van der Waals surface area contributed by atoms with Crippen LogP contribution in [-0.2, 0) is 0 Å².